The van der Waals surface area contributed by atoms with Crippen molar-refractivity contribution >= 4 is 11.9 Å². The summed E-state index contributed by atoms with van der Waals surface area (Å²) < 4.78 is 7.05. The number of carbonyl (C=O) groups excluding carboxylic acids is 1. The number of rotatable bonds is 8. The number of hydrogen-bond acceptors (Lipinski definition) is 5. The van der Waals surface area contributed by atoms with E-state index in [9.17, 15) is 4.79 Å². The molecule has 3 rings (SSSR count). The van der Waals surface area contributed by atoms with Gasteiger partial charge in [-0.05, 0) is 24.8 Å². The Balaban J connectivity index is 1.83. The molecule has 0 radical (unpaired) electrons. The van der Waals surface area contributed by atoms with Crippen LogP contribution in [-0.4, -0.2) is 54.8 Å². The molecule has 1 fully saturated rings. The molecule has 0 spiro atoms. The molecule has 2 heterocycles. The standard InChI is InChI=1S/C18H25N5O2/c1-22(2)18-20-9-15(10-21-18)14-8-16(17(24)19-6-7-25-3)23(12-14)11-13-4-5-13/h8-10,12-13H,4-7,11H2,1-3H3,(H,19,24). The fourth-order valence-electron chi connectivity index (χ4n) is 2.65. The van der Waals surface area contributed by atoms with Gasteiger partial charge in [0.15, 0.2) is 0 Å². The lowest BCUT2D eigenvalue weighted by Crippen LogP contribution is -2.29. The summed E-state index contributed by atoms with van der Waals surface area (Å²) in [6.45, 7) is 1.88. The van der Waals surface area contributed by atoms with Crippen LogP contribution >= 0.6 is 0 Å². The molecule has 0 saturated heterocycles. The molecule has 7 heteroatoms. The Labute approximate surface area is 148 Å². The normalized spacial score (nSPS) is 13.7. The average Bonchev–Trinajstić information content (AvgIpc) is 3.32. The highest BCUT2D eigenvalue weighted by atomic mass is 16.5. The Morgan fingerprint density at radius 1 is 1.32 bits per heavy atom. The van der Waals surface area contributed by atoms with Gasteiger partial charge in [0.05, 0.1) is 6.61 Å². The number of nitrogens with one attached hydrogen (secondary N) is 1. The predicted molar refractivity (Wildman–Crippen MR) is 96.7 cm³/mol. The summed E-state index contributed by atoms with van der Waals surface area (Å²) in [4.78, 5) is 23.1. The molecule has 7 nitrogen and oxygen atoms in total. The predicted octanol–water partition coefficient (Wildman–Crippen LogP) is 1.80. The summed E-state index contributed by atoms with van der Waals surface area (Å²) in [7, 11) is 5.44. The van der Waals surface area contributed by atoms with Gasteiger partial charge in [-0.2, -0.15) is 0 Å². The number of methoxy groups -OCH3 is 1. The Kier molecular flexibility index (Phi) is 5.33. The van der Waals surface area contributed by atoms with Gasteiger partial charge in [-0.15, -0.1) is 0 Å². The highest BCUT2D eigenvalue weighted by Gasteiger charge is 2.24. The van der Waals surface area contributed by atoms with E-state index in [1.54, 1.807) is 19.5 Å². The Morgan fingerprint density at radius 2 is 2.04 bits per heavy atom. The van der Waals surface area contributed by atoms with Crippen LogP contribution in [0, 0.1) is 5.92 Å². The van der Waals surface area contributed by atoms with E-state index >= 15 is 0 Å². The monoisotopic (exact) mass is 343 g/mol. The van der Waals surface area contributed by atoms with Crippen LogP contribution in [0.2, 0.25) is 0 Å². The van der Waals surface area contributed by atoms with Crippen LogP contribution in [0.1, 0.15) is 23.3 Å². The molecule has 1 amide bonds. The largest absolute Gasteiger partial charge is 0.383 e. The molecular formula is C18H25N5O2. The fraction of sp³-hybridized carbons (Fsp3) is 0.500. The molecule has 1 aliphatic rings. The SMILES string of the molecule is COCCNC(=O)c1cc(-c2cnc(N(C)C)nc2)cn1CC1CC1. The van der Waals surface area contributed by atoms with Gasteiger partial charge in [0.2, 0.25) is 5.95 Å². The van der Waals surface area contributed by atoms with Crippen LogP contribution in [0.5, 0.6) is 0 Å². The second-order valence-corrected chi connectivity index (χ2v) is 6.62. The molecule has 25 heavy (non-hydrogen) atoms. The molecule has 0 aromatic carbocycles. The van der Waals surface area contributed by atoms with Crippen LogP contribution in [-0.2, 0) is 11.3 Å². The minimum atomic E-state index is -0.0743. The summed E-state index contributed by atoms with van der Waals surface area (Å²) in [5.41, 5.74) is 2.55. The third-order valence-electron chi connectivity index (χ3n) is 4.24. The van der Waals surface area contributed by atoms with Gasteiger partial charge < -0.3 is 19.5 Å². The minimum absolute atomic E-state index is 0.0743. The number of anilines is 1. The first kappa shape index (κ1) is 17.4. The van der Waals surface area contributed by atoms with Crippen molar-refractivity contribution in [2.45, 2.75) is 19.4 Å². The van der Waals surface area contributed by atoms with E-state index < -0.39 is 0 Å². The van der Waals surface area contributed by atoms with Crippen molar-refractivity contribution in [2.24, 2.45) is 5.92 Å². The summed E-state index contributed by atoms with van der Waals surface area (Å²) in [6, 6.07) is 1.92. The Morgan fingerprint density at radius 3 is 2.64 bits per heavy atom. The van der Waals surface area contributed by atoms with E-state index in [4.69, 9.17) is 4.74 Å². The minimum Gasteiger partial charge on any atom is -0.383 e. The van der Waals surface area contributed by atoms with E-state index in [0.29, 0.717) is 30.7 Å². The third kappa shape index (κ3) is 4.36. The lowest BCUT2D eigenvalue weighted by atomic mass is 10.2. The topological polar surface area (TPSA) is 72.3 Å². The van der Waals surface area contributed by atoms with Gasteiger partial charge in [0.25, 0.3) is 5.91 Å². The third-order valence-corrected chi connectivity index (χ3v) is 4.24. The van der Waals surface area contributed by atoms with E-state index in [1.807, 2.05) is 31.3 Å². The summed E-state index contributed by atoms with van der Waals surface area (Å²) in [5, 5.41) is 2.90. The summed E-state index contributed by atoms with van der Waals surface area (Å²) >= 11 is 0. The van der Waals surface area contributed by atoms with E-state index in [-0.39, 0.29) is 5.91 Å². The van der Waals surface area contributed by atoms with Crippen molar-refractivity contribution in [3.8, 4) is 11.1 Å². The van der Waals surface area contributed by atoms with Gasteiger partial charge in [-0.25, -0.2) is 9.97 Å². The van der Waals surface area contributed by atoms with Crippen LogP contribution in [0.4, 0.5) is 5.95 Å². The van der Waals surface area contributed by atoms with Gasteiger partial charge in [0, 0.05) is 64.0 Å². The fourth-order valence-corrected chi connectivity index (χ4v) is 2.65. The number of carbonyl (C=O) groups is 1. The number of aromatic nitrogens is 3. The van der Waals surface area contributed by atoms with Crippen molar-refractivity contribution in [1.82, 2.24) is 19.9 Å². The molecule has 0 atom stereocenters. The maximum Gasteiger partial charge on any atom is 0.268 e. The zero-order valence-electron chi connectivity index (χ0n) is 15.0. The Bertz CT molecular complexity index is 720. The second-order valence-electron chi connectivity index (χ2n) is 6.62. The average molecular weight is 343 g/mol. The first-order valence-electron chi connectivity index (χ1n) is 8.55. The molecule has 1 aliphatic carbocycles. The second kappa shape index (κ2) is 7.65. The highest BCUT2D eigenvalue weighted by Crippen LogP contribution is 2.32. The maximum atomic E-state index is 12.5. The molecule has 134 valence electrons. The summed E-state index contributed by atoms with van der Waals surface area (Å²) in [6.07, 6.45) is 8.09. The zero-order chi connectivity index (χ0) is 17.8. The molecule has 1 N–H and O–H groups in total. The van der Waals surface area contributed by atoms with Gasteiger partial charge in [0.1, 0.15) is 5.69 Å². The van der Waals surface area contributed by atoms with Crippen molar-refractivity contribution < 1.29 is 9.53 Å². The maximum absolute atomic E-state index is 12.5. The van der Waals surface area contributed by atoms with Crippen molar-refractivity contribution in [1.29, 1.82) is 0 Å². The Hall–Kier alpha value is -2.41. The number of ether oxygens (including phenoxy) is 1. The number of hydrogen-bond donors (Lipinski definition) is 1. The molecule has 0 bridgehead atoms. The molecule has 2 aromatic heterocycles. The van der Waals surface area contributed by atoms with Crippen molar-refractivity contribution in [2.75, 3.05) is 39.3 Å². The zero-order valence-corrected chi connectivity index (χ0v) is 15.0. The van der Waals surface area contributed by atoms with Crippen LogP contribution in [0.3, 0.4) is 0 Å². The lowest BCUT2D eigenvalue weighted by molar-refractivity contribution is 0.0927. The summed E-state index contributed by atoms with van der Waals surface area (Å²) in [5.74, 6) is 1.27. The molecule has 0 aliphatic heterocycles. The van der Waals surface area contributed by atoms with Crippen molar-refractivity contribution in [3.63, 3.8) is 0 Å². The smallest absolute Gasteiger partial charge is 0.268 e. The molecular weight excluding hydrogens is 318 g/mol. The quantitative estimate of drug-likeness (QED) is 0.740. The number of amides is 1. The van der Waals surface area contributed by atoms with Crippen LogP contribution in [0.25, 0.3) is 11.1 Å². The van der Waals surface area contributed by atoms with E-state index in [2.05, 4.69) is 19.9 Å². The first-order chi connectivity index (χ1) is 12.1. The van der Waals surface area contributed by atoms with Crippen LogP contribution in [0.15, 0.2) is 24.7 Å². The van der Waals surface area contributed by atoms with Crippen molar-refractivity contribution in [3.05, 3.63) is 30.4 Å². The van der Waals surface area contributed by atoms with Crippen LogP contribution < -0.4 is 10.2 Å². The highest BCUT2D eigenvalue weighted by molar-refractivity contribution is 5.94. The molecule has 2 aromatic rings. The van der Waals surface area contributed by atoms with E-state index in [1.165, 1.54) is 12.8 Å². The first-order valence-corrected chi connectivity index (χ1v) is 8.55. The van der Waals surface area contributed by atoms with Gasteiger partial charge >= 0.3 is 0 Å². The number of nitrogens with zero attached hydrogens (tertiary/aromatic N) is 4. The molecule has 1 saturated carbocycles. The van der Waals surface area contributed by atoms with E-state index in [0.717, 1.165) is 17.7 Å². The van der Waals surface area contributed by atoms with Gasteiger partial charge in [-0.1, -0.05) is 0 Å². The van der Waals surface area contributed by atoms with Gasteiger partial charge in [-0.3, -0.25) is 4.79 Å². The lowest BCUT2D eigenvalue weighted by Gasteiger charge is -2.09. The molecule has 0 unspecified atom stereocenters.